The fourth-order valence-corrected chi connectivity index (χ4v) is 5.15. The zero-order chi connectivity index (χ0) is 24.8. The van der Waals surface area contributed by atoms with E-state index in [4.69, 9.17) is 4.74 Å². The molecule has 1 aromatic rings. The molecule has 33 heavy (non-hydrogen) atoms. The summed E-state index contributed by atoms with van der Waals surface area (Å²) in [5.41, 5.74) is 3.05. The Labute approximate surface area is 198 Å². The Bertz CT molecular complexity index is 1010. The number of esters is 1. The number of sulfone groups is 1. The molecule has 0 fully saturated rings. The molecule has 1 aliphatic carbocycles. The molecule has 2 N–H and O–H groups in total. The first-order chi connectivity index (χ1) is 15.5. The molecular formula is C26H38O6S. The maximum absolute atomic E-state index is 13.0. The fourth-order valence-electron chi connectivity index (χ4n) is 4.51. The first-order valence-electron chi connectivity index (χ1n) is 11.7. The van der Waals surface area contributed by atoms with Crippen LogP contribution in [0.4, 0.5) is 0 Å². The van der Waals surface area contributed by atoms with Crippen LogP contribution < -0.4 is 0 Å². The second-order valence-electron chi connectivity index (χ2n) is 9.30. The van der Waals surface area contributed by atoms with Gasteiger partial charge in [0.25, 0.3) is 0 Å². The average molecular weight is 479 g/mol. The highest BCUT2D eigenvalue weighted by molar-refractivity contribution is 7.90. The molecule has 0 heterocycles. The first kappa shape index (κ1) is 27.0. The summed E-state index contributed by atoms with van der Waals surface area (Å²) >= 11 is 0. The van der Waals surface area contributed by atoms with E-state index >= 15 is 0 Å². The van der Waals surface area contributed by atoms with E-state index in [1.807, 2.05) is 19.9 Å². The van der Waals surface area contributed by atoms with Gasteiger partial charge in [-0.05, 0) is 63.5 Å². The number of aromatic hydroxyl groups is 2. The van der Waals surface area contributed by atoms with Gasteiger partial charge in [0.2, 0.25) is 0 Å². The normalized spacial score (nSPS) is 18.6. The second kappa shape index (κ2) is 11.7. The minimum absolute atomic E-state index is 0.0326. The molecule has 0 saturated heterocycles. The summed E-state index contributed by atoms with van der Waals surface area (Å²) in [5.74, 6) is -1.32. The van der Waals surface area contributed by atoms with Crippen LogP contribution in [0, 0.1) is 5.92 Å². The molecule has 0 amide bonds. The Morgan fingerprint density at radius 3 is 2.55 bits per heavy atom. The van der Waals surface area contributed by atoms with Crippen LogP contribution in [-0.2, 0) is 21.0 Å². The topological polar surface area (TPSA) is 101 Å². The molecule has 6 nitrogen and oxygen atoms in total. The molecule has 184 valence electrons. The number of phenols is 2. The molecule has 0 aromatic heterocycles. The van der Waals surface area contributed by atoms with Crippen molar-refractivity contribution in [3.8, 4) is 11.5 Å². The number of aryl methyl sites for hydroxylation is 1. The first-order valence-corrected chi connectivity index (χ1v) is 13.8. The van der Waals surface area contributed by atoms with E-state index < -0.39 is 15.8 Å². The van der Waals surface area contributed by atoms with E-state index in [1.54, 1.807) is 6.07 Å². The van der Waals surface area contributed by atoms with Crippen molar-refractivity contribution in [1.29, 1.82) is 0 Å². The Morgan fingerprint density at radius 2 is 1.94 bits per heavy atom. The van der Waals surface area contributed by atoms with Crippen LogP contribution in [0.2, 0.25) is 0 Å². The van der Waals surface area contributed by atoms with Crippen LogP contribution in [0.25, 0.3) is 0 Å². The predicted octanol–water partition coefficient (Wildman–Crippen LogP) is 5.44. The molecule has 7 heteroatoms. The molecule has 0 radical (unpaired) electrons. The van der Waals surface area contributed by atoms with Crippen molar-refractivity contribution in [2.24, 2.45) is 5.92 Å². The second-order valence-corrected chi connectivity index (χ2v) is 11.6. The van der Waals surface area contributed by atoms with Crippen molar-refractivity contribution in [3.05, 3.63) is 46.6 Å². The lowest BCUT2D eigenvalue weighted by Crippen LogP contribution is -2.19. The number of unbranched alkanes of at least 4 members (excludes halogenated alkanes) is 2. The Hall–Kier alpha value is -2.28. The van der Waals surface area contributed by atoms with E-state index in [0.29, 0.717) is 17.5 Å². The van der Waals surface area contributed by atoms with Crippen molar-refractivity contribution >= 4 is 15.8 Å². The summed E-state index contributed by atoms with van der Waals surface area (Å²) in [6, 6.07) is 1.57. The zero-order valence-electron chi connectivity index (χ0n) is 20.3. The molecule has 0 bridgehead atoms. The Morgan fingerprint density at radius 1 is 1.24 bits per heavy atom. The minimum atomic E-state index is -3.15. The number of phenolic OH excluding ortho intramolecular Hbond substituents is 2. The molecule has 1 unspecified atom stereocenters. The standard InChI is InChI=1S/C26H38O6S/c1-6-7-8-10-19-16-22(27)24(21-15-18(4)11-12-20(21)17(2)3)25(28)23(19)26(29)32-13-9-14-33(5,30)31/h15-16,20-21,27-28H,2,6-14H2,1,3-5H3/t20-,21?/m0/s1. The van der Waals surface area contributed by atoms with Crippen LogP contribution in [-0.4, -0.2) is 43.2 Å². The number of ether oxygens (including phenoxy) is 1. The SMILES string of the molecule is C=C(C)[C@@H]1CCC(C)=CC1c1c(O)cc(CCCCC)c(C(=O)OCCCS(C)(=O)=O)c1O. The van der Waals surface area contributed by atoms with Gasteiger partial charge < -0.3 is 14.9 Å². The van der Waals surface area contributed by atoms with Crippen molar-refractivity contribution in [3.63, 3.8) is 0 Å². The van der Waals surface area contributed by atoms with Crippen molar-refractivity contribution in [2.75, 3.05) is 18.6 Å². The lowest BCUT2D eigenvalue weighted by Gasteiger charge is -2.32. The van der Waals surface area contributed by atoms with Gasteiger partial charge in [0.05, 0.1) is 12.4 Å². The summed E-state index contributed by atoms with van der Waals surface area (Å²) in [6.07, 6.45) is 8.40. The number of hydrogen-bond acceptors (Lipinski definition) is 6. The number of carbonyl (C=O) groups is 1. The van der Waals surface area contributed by atoms with Crippen molar-refractivity contribution in [1.82, 2.24) is 0 Å². The number of rotatable bonds is 11. The summed E-state index contributed by atoms with van der Waals surface area (Å²) in [4.78, 5) is 13.0. The van der Waals surface area contributed by atoms with Crippen LogP contribution in [0.1, 0.15) is 86.7 Å². The van der Waals surface area contributed by atoms with Crippen LogP contribution in [0.5, 0.6) is 11.5 Å². The van der Waals surface area contributed by atoms with Gasteiger partial charge in [-0.25, -0.2) is 13.2 Å². The van der Waals surface area contributed by atoms with Crippen LogP contribution >= 0.6 is 0 Å². The molecule has 0 saturated carbocycles. The van der Waals surface area contributed by atoms with Gasteiger partial charge in [-0.2, -0.15) is 0 Å². The third-order valence-electron chi connectivity index (χ3n) is 6.26. The summed E-state index contributed by atoms with van der Waals surface area (Å²) < 4.78 is 28.0. The van der Waals surface area contributed by atoms with Gasteiger partial charge in [0, 0.05) is 17.7 Å². The van der Waals surface area contributed by atoms with E-state index in [9.17, 15) is 23.4 Å². The smallest absolute Gasteiger partial charge is 0.342 e. The lowest BCUT2D eigenvalue weighted by molar-refractivity contribution is 0.0500. The highest BCUT2D eigenvalue weighted by Gasteiger charge is 2.33. The van der Waals surface area contributed by atoms with Gasteiger partial charge in [-0.1, -0.05) is 43.6 Å². The number of carbonyl (C=O) groups excluding carboxylic acids is 1. The predicted molar refractivity (Wildman–Crippen MR) is 132 cm³/mol. The van der Waals surface area contributed by atoms with Crippen LogP contribution in [0.3, 0.4) is 0 Å². The maximum Gasteiger partial charge on any atom is 0.342 e. The van der Waals surface area contributed by atoms with E-state index in [2.05, 4.69) is 13.5 Å². The molecule has 0 spiro atoms. The summed E-state index contributed by atoms with van der Waals surface area (Å²) in [7, 11) is -3.15. The van der Waals surface area contributed by atoms with E-state index in [0.717, 1.165) is 49.5 Å². The van der Waals surface area contributed by atoms with E-state index in [-0.39, 0.29) is 47.7 Å². The summed E-state index contributed by atoms with van der Waals surface area (Å²) in [6.45, 7) is 10.1. The monoisotopic (exact) mass is 478 g/mol. The van der Waals surface area contributed by atoms with Gasteiger partial charge in [0.15, 0.2) is 0 Å². The number of benzene rings is 1. The lowest BCUT2D eigenvalue weighted by atomic mass is 9.73. The minimum Gasteiger partial charge on any atom is -0.507 e. The van der Waals surface area contributed by atoms with Gasteiger partial charge in [-0.15, -0.1) is 0 Å². The number of allylic oxidation sites excluding steroid dienone is 3. The highest BCUT2D eigenvalue weighted by atomic mass is 32.2. The highest BCUT2D eigenvalue weighted by Crippen LogP contribution is 2.48. The quantitative estimate of drug-likeness (QED) is 0.250. The van der Waals surface area contributed by atoms with Crippen molar-refractivity contribution in [2.45, 2.75) is 71.6 Å². The zero-order valence-corrected chi connectivity index (χ0v) is 21.1. The number of hydrogen-bond donors (Lipinski definition) is 2. The van der Waals surface area contributed by atoms with Crippen LogP contribution in [0.15, 0.2) is 29.9 Å². The third kappa shape index (κ3) is 7.36. The largest absolute Gasteiger partial charge is 0.507 e. The Balaban J connectivity index is 2.47. The summed E-state index contributed by atoms with van der Waals surface area (Å²) in [5, 5.41) is 22.2. The Kier molecular flexibility index (Phi) is 9.58. The van der Waals surface area contributed by atoms with Gasteiger partial charge in [-0.3, -0.25) is 0 Å². The fraction of sp³-hybridized carbons (Fsp3) is 0.577. The maximum atomic E-state index is 13.0. The van der Waals surface area contributed by atoms with Gasteiger partial charge in [0.1, 0.15) is 26.9 Å². The molecule has 2 atom stereocenters. The van der Waals surface area contributed by atoms with Crippen molar-refractivity contribution < 1.29 is 28.2 Å². The average Bonchev–Trinajstić information content (AvgIpc) is 2.70. The molecule has 1 aromatic carbocycles. The molecule has 2 rings (SSSR count). The molecule has 1 aliphatic rings. The third-order valence-corrected chi connectivity index (χ3v) is 7.29. The van der Waals surface area contributed by atoms with E-state index in [1.165, 1.54) is 0 Å². The molecular weight excluding hydrogens is 440 g/mol. The molecule has 0 aliphatic heterocycles. The van der Waals surface area contributed by atoms with Gasteiger partial charge >= 0.3 is 5.97 Å².